The molecule has 12 nitrogen and oxygen atoms in total. The fourth-order valence-corrected chi connectivity index (χ4v) is 5.17. The van der Waals surface area contributed by atoms with Crippen LogP contribution in [0.25, 0.3) is 21.8 Å². The molecule has 0 saturated carbocycles. The van der Waals surface area contributed by atoms with Gasteiger partial charge in [0.05, 0.1) is 39.6 Å². The van der Waals surface area contributed by atoms with Crippen molar-refractivity contribution in [2.45, 2.75) is 131 Å². The maximum Gasteiger partial charge on any atom is 0.494 e. The van der Waals surface area contributed by atoms with Gasteiger partial charge in [-0.2, -0.15) is 19.6 Å². The third-order valence-electron chi connectivity index (χ3n) is 9.32. The highest BCUT2D eigenvalue weighted by Crippen LogP contribution is 2.37. The van der Waals surface area contributed by atoms with Crippen molar-refractivity contribution in [2.24, 2.45) is 0 Å². The lowest BCUT2D eigenvalue weighted by Gasteiger charge is -2.32. The molecule has 4 heterocycles. The van der Waals surface area contributed by atoms with Crippen LogP contribution in [-0.4, -0.2) is 79.6 Å². The Balaban J connectivity index is 0.000000194. The molecule has 4 aromatic rings. The highest BCUT2D eigenvalue weighted by Gasteiger charge is 2.52. The molecular weight excluding hydrogens is 638 g/mol. The van der Waals surface area contributed by atoms with Gasteiger partial charge in [-0.05, 0) is 120 Å². The molecule has 0 bridgehead atoms. The molecule has 6 rings (SSSR count). The van der Waals surface area contributed by atoms with Crippen LogP contribution in [0, 0.1) is 0 Å². The molecule has 2 aromatic heterocycles. The molecule has 50 heavy (non-hydrogen) atoms. The van der Waals surface area contributed by atoms with Gasteiger partial charge in [-0.3, -0.25) is 0 Å². The molecule has 2 aromatic carbocycles. The number of hydrogen-bond acceptors (Lipinski definition) is 10. The van der Waals surface area contributed by atoms with E-state index in [9.17, 15) is 9.59 Å². The van der Waals surface area contributed by atoms with Gasteiger partial charge in [-0.1, -0.05) is 24.3 Å². The van der Waals surface area contributed by atoms with Crippen LogP contribution in [0.1, 0.15) is 96.9 Å². The van der Waals surface area contributed by atoms with Gasteiger partial charge in [0.25, 0.3) is 0 Å². The van der Waals surface area contributed by atoms with Crippen molar-refractivity contribution in [1.29, 1.82) is 0 Å². The second-order valence-electron chi connectivity index (χ2n) is 16.9. The SMILES string of the molecule is CC(C)(C)OC(=O)n1cc2ccc(B3OC(C)(C)C(C)(C)O3)cc2n1.CC(C)(C)OC(=O)n1ncc2ccc(B3OC(C)(C)C(C)(C)O3)cc21. The van der Waals surface area contributed by atoms with Gasteiger partial charge in [-0.15, -0.1) is 0 Å². The second kappa shape index (κ2) is 12.5. The Kier molecular flexibility index (Phi) is 9.39. The minimum absolute atomic E-state index is 0.400. The summed E-state index contributed by atoms with van der Waals surface area (Å²) < 4.78 is 37.6. The minimum Gasteiger partial charge on any atom is -0.442 e. The van der Waals surface area contributed by atoms with Crippen molar-refractivity contribution in [1.82, 2.24) is 19.6 Å². The van der Waals surface area contributed by atoms with Crippen LogP contribution in [0.2, 0.25) is 0 Å². The van der Waals surface area contributed by atoms with Crippen molar-refractivity contribution in [3.8, 4) is 0 Å². The first-order chi connectivity index (χ1) is 22.8. The molecule has 268 valence electrons. The van der Waals surface area contributed by atoms with E-state index in [0.717, 1.165) is 21.7 Å². The predicted octanol–water partition coefficient (Wildman–Crippen LogP) is 6.24. The molecule has 2 saturated heterocycles. The van der Waals surface area contributed by atoms with Crippen LogP contribution in [-0.2, 0) is 28.1 Å². The largest absolute Gasteiger partial charge is 0.494 e. The summed E-state index contributed by atoms with van der Waals surface area (Å²) in [6, 6.07) is 11.4. The van der Waals surface area contributed by atoms with Crippen molar-refractivity contribution in [3.05, 3.63) is 48.8 Å². The lowest BCUT2D eigenvalue weighted by Crippen LogP contribution is -2.41. The van der Waals surface area contributed by atoms with E-state index in [1.165, 1.54) is 9.36 Å². The quantitative estimate of drug-likeness (QED) is 0.224. The Morgan fingerprint density at radius 3 is 1.58 bits per heavy atom. The van der Waals surface area contributed by atoms with Gasteiger partial charge >= 0.3 is 26.4 Å². The highest BCUT2D eigenvalue weighted by molar-refractivity contribution is 6.62. The van der Waals surface area contributed by atoms with Crippen molar-refractivity contribution in [2.75, 3.05) is 0 Å². The van der Waals surface area contributed by atoms with Crippen molar-refractivity contribution in [3.63, 3.8) is 0 Å². The maximum atomic E-state index is 12.4. The standard InChI is InChI=1S/2C18H25BN2O4/c1-16(2,3)23-15(22)21-11-12-8-9-13(10-14(12)20-21)19-24-17(4,5)18(6,7)25-19;1-16(2,3)23-15(22)21-14-10-13(9-8-12(14)11-20-21)19-24-17(4,5)18(6,7)25-19/h2*8-11H,1-7H3. The van der Waals surface area contributed by atoms with Gasteiger partial charge in [0.1, 0.15) is 11.2 Å². The molecule has 2 fully saturated rings. The Morgan fingerprint density at radius 2 is 1.10 bits per heavy atom. The fourth-order valence-electron chi connectivity index (χ4n) is 5.17. The summed E-state index contributed by atoms with van der Waals surface area (Å²) >= 11 is 0. The number of ether oxygens (including phenoxy) is 2. The molecule has 0 atom stereocenters. The first-order valence-corrected chi connectivity index (χ1v) is 16.9. The normalized spacial score (nSPS) is 19.4. The fraction of sp³-hybridized carbons (Fsp3) is 0.556. The van der Waals surface area contributed by atoms with Gasteiger partial charge in [-0.25, -0.2) is 9.59 Å². The Morgan fingerprint density at radius 1 is 0.660 bits per heavy atom. The number of carbonyl (C=O) groups is 2. The minimum atomic E-state index is -0.585. The lowest BCUT2D eigenvalue weighted by atomic mass is 9.79. The highest BCUT2D eigenvalue weighted by atomic mass is 16.7. The topological polar surface area (TPSA) is 125 Å². The monoisotopic (exact) mass is 688 g/mol. The van der Waals surface area contributed by atoms with Crippen LogP contribution in [0.15, 0.2) is 48.8 Å². The third-order valence-corrected chi connectivity index (χ3v) is 9.32. The molecule has 2 aliphatic heterocycles. The summed E-state index contributed by atoms with van der Waals surface area (Å²) in [7, 11) is -0.947. The van der Waals surface area contributed by atoms with Crippen LogP contribution in [0.5, 0.6) is 0 Å². The van der Waals surface area contributed by atoms with Crippen LogP contribution >= 0.6 is 0 Å². The molecule has 14 heteroatoms. The number of aromatic nitrogens is 4. The molecule has 0 unspecified atom stereocenters. The number of hydrogen-bond donors (Lipinski definition) is 0. The summed E-state index contributed by atoms with van der Waals surface area (Å²) in [4.78, 5) is 24.6. The molecular formula is C36H50B2N4O8. The van der Waals surface area contributed by atoms with Gasteiger partial charge in [0.2, 0.25) is 0 Å². The zero-order valence-electron chi connectivity index (χ0n) is 31.8. The van der Waals surface area contributed by atoms with Crippen molar-refractivity contribution >= 4 is 59.2 Å². The number of rotatable bonds is 2. The molecule has 0 radical (unpaired) electrons. The molecule has 0 N–H and O–H groups in total. The summed E-state index contributed by atoms with van der Waals surface area (Å²) in [5, 5.41) is 10.2. The Bertz CT molecular complexity index is 1880. The zero-order chi connectivity index (χ0) is 37.2. The smallest absolute Gasteiger partial charge is 0.442 e. The van der Waals surface area contributed by atoms with Crippen molar-refractivity contribution < 1.29 is 37.7 Å². The first-order valence-electron chi connectivity index (χ1n) is 16.9. The Labute approximate surface area is 295 Å². The summed E-state index contributed by atoms with van der Waals surface area (Å²) in [5.74, 6) is 0. The van der Waals surface area contributed by atoms with E-state index in [4.69, 9.17) is 28.1 Å². The van der Waals surface area contributed by atoms with Gasteiger partial charge in [0.15, 0.2) is 0 Å². The molecule has 0 aliphatic carbocycles. The van der Waals surface area contributed by atoms with E-state index >= 15 is 0 Å². The lowest BCUT2D eigenvalue weighted by molar-refractivity contribution is 0.00578. The van der Waals surface area contributed by atoms with Crippen LogP contribution in [0.4, 0.5) is 9.59 Å². The predicted molar refractivity (Wildman–Crippen MR) is 194 cm³/mol. The summed E-state index contributed by atoms with van der Waals surface area (Å²) in [6.45, 7) is 27.1. The number of benzene rings is 2. The third kappa shape index (κ3) is 7.78. The molecule has 0 amide bonds. The molecule has 0 spiro atoms. The van der Waals surface area contributed by atoms with E-state index in [0.29, 0.717) is 11.0 Å². The van der Waals surface area contributed by atoms with E-state index in [-0.39, 0.29) is 0 Å². The van der Waals surface area contributed by atoms with E-state index < -0.39 is 60.0 Å². The van der Waals surface area contributed by atoms with E-state index in [1.807, 2.05) is 133 Å². The number of fused-ring (bicyclic) bond motifs is 2. The summed E-state index contributed by atoms with van der Waals surface area (Å²) in [6.07, 6.45) is 2.31. The maximum absolute atomic E-state index is 12.4. The first kappa shape index (κ1) is 37.5. The van der Waals surface area contributed by atoms with Gasteiger partial charge < -0.3 is 28.1 Å². The summed E-state index contributed by atoms with van der Waals surface area (Å²) in [5.41, 5.74) is 0.291. The van der Waals surface area contributed by atoms with Crippen LogP contribution in [0.3, 0.4) is 0 Å². The number of nitrogens with zero attached hydrogens (tertiary/aromatic N) is 4. The van der Waals surface area contributed by atoms with Gasteiger partial charge in [0, 0.05) is 17.0 Å². The zero-order valence-corrected chi connectivity index (χ0v) is 31.8. The molecule has 2 aliphatic rings. The Hall–Kier alpha value is -3.71. The average Bonchev–Trinajstić information content (AvgIpc) is 3.67. The van der Waals surface area contributed by atoms with Crippen LogP contribution < -0.4 is 10.9 Å². The van der Waals surface area contributed by atoms with E-state index in [1.54, 1.807) is 12.4 Å². The van der Waals surface area contributed by atoms with E-state index in [2.05, 4.69) is 10.2 Å². The second-order valence-corrected chi connectivity index (χ2v) is 16.9. The average molecular weight is 688 g/mol. The number of carbonyl (C=O) groups excluding carboxylic acids is 2.